The Balaban J connectivity index is 2.30. The minimum absolute atomic E-state index is 0.726. The van der Waals surface area contributed by atoms with Gasteiger partial charge in [0, 0.05) is 18.0 Å². The third kappa shape index (κ3) is 1.20. The number of nitrogens with zero attached hydrogens (tertiary/aromatic N) is 4. The van der Waals surface area contributed by atoms with Gasteiger partial charge in [-0.05, 0) is 6.07 Å². The molecule has 74 valence electrons. The maximum absolute atomic E-state index is 4.27. The van der Waals surface area contributed by atoms with Crippen molar-refractivity contribution in [1.29, 1.82) is 0 Å². The molecule has 0 aliphatic heterocycles. The SMILES string of the molecule is Cn1cnc(-c2cccc3[nH]ncc23)n1. The molecule has 5 heteroatoms. The van der Waals surface area contributed by atoms with E-state index in [0.717, 1.165) is 22.3 Å². The average Bonchev–Trinajstić information content (AvgIpc) is 2.84. The second-order valence-corrected chi connectivity index (χ2v) is 3.38. The number of aromatic nitrogens is 5. The number of hydrogen-bond donors (Lipinski definition) is 1. The number of fused-ring (bicyclic) bond motifs is 1. The highest BCUT2D eigenvalue weighted by atomic mass is 15.3. The number of rotatable bonds is 1. The van der Waals surface area contributed by atoms with Crippen molar-refractivity contribution in [2.24, 2.45) is 7.05 Å². The average molecular weight is 199 g/mol. The van der Waals surface area contributed by atoms with E-state index in [2.05, 4.69) is 20.3 Å². The van der Waals surface area contributed by atoms with Gasteiger partial charge >= 0.3 is 0 Å². The molecule has 0 fully saturated rings. The van der Waals surface area contributed by atoms with E-state index in [4.69, 9.17) is 0 Å². The molecule has 0 saturated heterocycles. The fourth-order valence-corrected chi connectivity index (χ4v) is 1.63. The van der Waals surface area contributed by atoms with Crippen molar-refractivity contribution in [3.05, 3.63) is 30.7 Å². The highest BCUT2D eigenvalue weighted by Gasteiger charge is 2.08. The lowest BCUT2D eigenvalue weighted by Gasteiger charge is -1.96. The van der Waals surface area contributed by atoms with Crippen molar-refractivity contribution in [2.45, 2.75) is 0 Å². The lowest BCUT2D eigenvalue weighted by molar-refractivity contribution is 0.768. The molecule has 0 amide bonds. The minimum atomic E-state index is 0.726. The van der Waals surface area contributed by atoms with Crippen LogP contribution < -0.4 is 0 Å². The van der Waals surface area contributed by atoms with Gasteiger partial charge in [0.05, 0.1) is 11.7 Å². The normalized spacial score (nSPS) is 11.0. The Morgan fingerprint density at radius 1 is 1.33 bits per heavy atom. The molecule has 2 heterocycles. The van der Waals surface area contributed by atoms with Gasteiger partial charge in [0.15, 0.2) is 5.82 Å². The summed E-state index contributed by atoms with van der Waals surface area (Å²) in [5.41, 5.74) is 2.00. The minimum Gasteiger partial charge on any atom is -0.278 e. The molecule has 0 saturated carbocycles. The highest BCUT2D eigenvalue weighted by molar-refractivity contribution is 5.92. The molecule has 0 radical (unpaired) electrons. The fraction of sp³-hybridized carbons (Fsp3) is 0.100. The van der Waals surface area contributed by atoms with Gasteiger partial charge in [-0.2, -0.15) is 10.2 Å². The van der Waals surface area contributed by atoms with Crippen LogP contribution in [0.3, 0.4) is 0 Å². The zero-order valence-electron chi connectivity index (χ0n) is 8.18. The second kappa shape index (κ2) is 2.91. The summed E-state index contributed by atoms with van der Waals surface area (Å²) in [6.45, 7) is 0. The molecule has 1 N–H and O–H groups in total. The molecule has 3 aromatic rings. The summed E-state index contributed by atoms with van der Waals surface area (Å²) in [5, 5.41) is 12.3. The van der Waals surface area contributed by atoms with Crippen molar-refractivity contribution < 1.29 is 0 Å². The summed E-state index contributed by atoms with van der Waals surface area (Å²) in [4.78, 5) is 4.23. The first-order valence-electron chi connectivity index (χ1n) is 4.63. The van der Waals surface area contributed by atoms with E-state index < -0.39 is 0 Å². The van der Waals surface area contributed by atoms with Crippen LogP contribution in [0.5, 0.6) is 0 Å². The Hall–Kier alpha value is -2.17. The zero-order valence-corrected chi connectivity index (χ0v) is 8.18. The van der Waals surface area contributed by atoms with Crippen LogP contribution in [-0.2, 0) is 7.05 Å². The summed E-state index contributed by atoms with van der Waals surface area (Å²) in [5.74, 6) is 0.726. The van der Waals surface area contributed by atoms with Gasteiger partial charge in [0.2, 0.25) is 0 Å². The van der Waals surface area contributed by atoms with Gasteiger partial charge in [0.25, 0.3) is 0 Å². The molecule has 1 aromatic carbocycles. The maximum Gasteiger partial charge on any atom is 0.181 e. The maximum atomic E-state index is 4.27. The number of aryl methyl sites for hydroxylation is 1. The molecule has 2 aromatic heterocycles. The van der Waals surface area contributed by atoms with Gasteiger partial charge < -0.3 is 0 Å². The quantitative estimate of drug-likeness (QED) is 0.643. The Morgan fingerprint density at radius 2 is 2.27 bits per heavy atom. The second-order valence-electron chi connectivity index (χ2n) is 3.38. The fourth-order valence-electron chi connectivity index (χ4n) is 1.63. The van der Waals surface area contributed by atoms with Gasteiger partial charge in [-0.25, -0.2) is 4.98 Å². The molecule has 0 aliphatic rings. The van der Waals surface area contributed by atoms with E-state index >= 15 is 0 Å². The summed E-state index contributed by atoms with van der Waals surface area (Å²) in [6.07, 6.45) is 3.48. The topological polar surface area (TPSA) is 59.4 Å². The van der Waals surface area contributed by atoms with Gasteiger partial charge in [-0.15, -0.1) is 0 Å². The lowest BCUT2D eigenvalue weighted by atomic mass is 10.1. The zero-order chi connectivity index (χ0) is 10.3. The van der Waals surface area contributed by atoms with Crippen LogP contribution in [-0.4, -0.2) is 25.0 Å². The number of hydrogen-bond acceptors (Lipinski definition) is 3. The van der Waals surface area contributed by atoms with Crippen LogP contribution >= 0.6 is 0 Å². The molecule has 0 bridgehead atoms. The molecular formula is C10H9N5. The van der Waals surface area contributed by atoms with Crippen LogP contribution in [0.2, 0.25) is 0 Å². The van der Waals surface area contributed by atoms with Crippen molar-refractivity contribution in [3.8, 4) is 11.4 Å². The Bertz CT molecular complexity index is 607. The molecular weight excluding hydrogens is 190 g/mol. The van der Waals surface area contributed by atoms with E-state index in [0.29, 0.717) is 0 Å². The van der Waals surface area contributed by atoms with Gasteiger partial charge in [-0.1, -0.05) is 12.1 Å². The summed E-state index contributed by atoms with van der Waals surface area (Å²) >= 11 is 0. The van der Waals surface area contributed by atoms with Crippen LogP contribution in [0.25, 0.3) is 22.3 Å². The Kier molecular flexibility index (Phi) is 1.58. The van der Waals surface area contributed by atoms with Gasteiger partial charge in [0.1, 0.15) is 6.33 Å². The summed E-state index contributed by atoms with van der Waals surface area (Å²) < 4.78 is 1.69. The van der Waals surface area contributed by atoms with E-state index in [1.165, 1.54) is 0 Å². The van der Waals surface area contributed by atoms with Crippen molar-refractivity contribution in [2.75, 3.05) is 0 Å². The lowest BCUT2D eigenvalue weighted by Crippen LogP contribution is -1.88. The first-order valence-corrected chi connectivity index (χ1v) is 4.63. The number of aromatic amines is 1. The van der Waals surface area contributed by atoms with Crippen LogP contribution in [0.1, 0.15) is 0 Å². The predicted octanol–water partition coefficient (Wildman–Crippen LogP) is 1.36. The predicted molar refractivity (Wildman–Crippen MR) is 56.1 cm³/mol. The van der Waals surface area contributed by atoms with Crippen molar-refractivity contribution in [3.63, 3.8) is 0 Å². The van der Waals surface area contributed by atoms with Crippen LogP contribution in [0, 0.1) is 0 Å². The Labute approximate surface area is 85.8 Å². The molecule has 0 unspecified atom stereocenters. The smallest absolute Gasteiger partial charge is 0.181 e. The van der Waals surface area contributed by atoms with Crippen LogP contribution in [0.15, 0.2) is 30.7 Å². The first-order chi connectivity index (χ1) is 7.34. The number of H-pyrrole nitrogens is 1. The molecule has 15 heavy (non-hydrogen) atoms. The highest BCUT2D eigenvalue weighted by Crippen LogP contribution is 2.23. The molecule has 0 spiro atoms. The molecule has 0 atom stereocenters. The molecule has 3 rings (SSSR count). The third-order valence-electron chi connectivity index (χ3n) is 2.33. The number of nitrogens with one attached hydrogen (secondary N) is 1. The van der Waals surface area contributed by atoms with Crippen molar-refractivity contribution in [1.82, 2.24) is 25.0 Å². The van der Waals surface area contributed by atoms with Gasteiger partial charge in [-0.3, -0.25) is 9.78 Å². The summed E-state index contributed by atoms with van der Waals surface area (Å²) in [7, 11) is 1.85. The third-order valence-corrected chi connectivity index (χ3v) is 2.33. The monoisotopic (exact) mass is 199 g/mol. The standard InChI is InChI=1S/C10H9N5/c1-15-6-11-10(14-15)7-3-2-4-9-8(7)5-12-13-9/h2-6H,1H3,(H,12,13). The van der Waals surface area contributed by atoms with E-state index in [9.17, 15) is 0 Å². The van der Waals surface area contributed by atoms with Crippen LogP contribution in [0.4, 0.5) is 0 Å². The van der Waals surface area contributed by atoms with E-state index in [1.54, 1.807) is 17.2 Å². The first kappa shape index (κ1) is 8.16. The largest absolute Gasteiger partial charge is 0.278 e. The Morgan fingerprint density at radius 3 is 3.07 bits per heavy atom. The molecule has 0 aliphatic carbocycles. The molecule has 5 nitrogen and oxygen atoms in total. The van der Waals surface area contributed by atoms with E-state index in [1.807, 2.05) is 25.2 Å². The van der Waals surface area contributed by atoms with Crippen molar-refractivity contribution >= 4 is 10.9 Å². The summed E-state index contributed by atoms with van der Waals surface area (Å²) in [6, 6.07) is 5.94. The number of benzene rings is 1. The van der Waals surface area contributed by atoms with E-state index in [-0.39, 0.29) is 0 Å².